The van der Waals surface area contributed by atoms with E-state index in [2.05, 4.69) is 15.6 Å². The van der Waals surface area contributed by atoms with Gasteiger partial charge in [-0.2, -0.15) is 5.10 Å². The first-order chi connectivity index (χ1) is 16.9. The molecular formula is C26H24N6O3. The monoisotopic (exact) mass is 468 g/mol. The molecule has 35 heavy (non-hydrogen) atoms. The van der Waals surface area contributed by atoms with Gasteiger partial charge in [-0.05, 0) is 55.3 Å². The van der Waals surface area contributed by atoms with Crippen LogP contribution < -0.4 is 21.1 Å². The molecule has 176 valence electrons. The molecule has 0 saturated heterocycles. The second-order valence-corrected chi connectivity index (χ2v) is 8.23. The maximum atomic E-state index is 12.8. The summed E-state index contributed by atoms with van der Waals surface area (Å²) in [6.07, 6.45) is 0.749. The van der Waals surface area contributed by atoms with Crippen LogP contribution >= 0.6 is 0 Å². The minimum absolute atomic E-state index is 0.265. The number of ether oxygens (including phenoxy) is 1. The van der Waals surface area contributed by atoms with E-state index in [0.29, 0.717) is 40.8 Å². The Hall–Kier alpha value is -4.66. The minimum Gasteiger partial charge on any atom is -0.496 e. The van der Waals surface area contributed by atoms with Gasteiger partial charge in [-0.15, -0.1) is 0 Å². The highest BCUT2D eigenvalue weighted by Gasteiger charge is 2.27. The fourth-order valence-electron chi connectivity index (χ4n) is 4.22. The number of carbonyl (C=O) groups is 2. The molecule has 0 saturated carbocycles. The van der Waals surface area contributed by atoms with Crippen molar-refractivity contribution in [3.05, 3.63) is 83.0 Å². The van der Waals surface area contributed by atoms with Gasteiger partial charge >= 0.3 is 0 Å². The summed E-state index contributed by atoms with van der Waals surface area (Å²) in [6.45, 7) is 2.43. The molecule has 0 atom stereocenters. The molecule has 2 aromatic heterocycles. The number of fused-ring (bicyclic) bond motifs is 2. The van der Waals surface area contributed by atoms with Gasteiger partial charge in [-0.1, -0.05) is 24.3 Å². The number of benzene rings is 2. The number of anilines is 3. The van der Waals surface area contributed by atoms with Gasteiger partial charge in [0.15, 0.2) is 0 Å². The molecule has 0 radical (unpaired) electrons. The third-order valence-electron chi connectivity index (χ3n) is 5.91. The summed E-state index contributed by atoms with van der Waals surface area (Å²) in [7, 11) is 1.50. The first-order valence-corrected chi connectivity index (χ1v) is 11.1. The Kier molecular flexibility index (Phi) is 5.66. The first kappa shape index (κ1) is 22.1. The summed E-state index contributed by atoms with van der Waals surface area (Å²) in [4.78, 5) is 29.7. The lowest BCUT2D eigenvalue weighted by Gasteiger charge is -2.11. The van der Waals surface area contributed by atoms with Gasteiger partial charge in [-0.25, -0.2) is 9.67 Å². The van der Waals surface area contributed by atoms with Crippen molar-refractivity contribution in [2.75, 3.05) is 17.7 Å². The number of carbonyl (C=O) groups excluding carboxylic acids is 2. The second kappa shape index (κ2) is 8.94. The molecule has 2 amide bonds. The van der Waals surface area contributed by atoms with Crippen LogP contribution in [0.1, 0.15) is 32.0 Å². The van der Waals surface area contributed by atoms with E-state index in [0.717, 1.165) is 23.4 Å². The quantitative estimate of drug-likeness (QED) is 0.408. The van der Waals surface area contributed by atoms with E-state index < -0.39 is 5.91 Å². The van der Waals surface area contributed by atoms with E-state index in [4.69, 9.17) is 15.6 Å². The number of pyridine rings is 1. The smallest absolute Gasteiger partial charge is 0.256 e. The number of aryl methyl sites for hydroxylation is 3. The highest BCUT2D eigenvalue weighted by molar-refractivity contribution is 6.07. The van der Waals surface area contributed by atoms with Crippen molar-refractivity contribution >= 4 is 29.1 Å². The fraction of sp³-hybridized carbons (Fsp3) is 0.154. The summed E-state index contributed by atoms with van der Waals surface area (Å²) in [5.74, 6) is 0.445. The molecule has 1 aliphatic heterocycles. The van der Waals surface area contributed by atoms with Crippen LogP contribution in [0.5, 0.6) is 5.75 Å². The number of hydrogen-bond acceptors (Lipinski definition) is 6. The van der Waals surface area contributed by atoms with Gasteiger partial charge in [0.25, 0.3) is 11.8 Å². The molecule has 4 aromatic rings. The molecule has 9 heteroatoms. The van der Waals surface area contributed by atoms with Crippen molar-refractivity contribution in [1.82, 2.24) is 14.8 Å². The number of rotatable bonds is 5. The zero-order valence-electron chi connectivity index (χ0n) is 19.3. The number of para-hydroxylation sites is 1. The van der Waals surface area contributed by atoms with Crippen LogP contribution in [-0.2, 0) is 13.0 Å². The Morgan fingerprint density at radius 2 is 1.94 bits per heavy atom. The molecule has 2 aromatic carbocycles. The second-order valence-electron chi connectivity index (χ2n) is 8.23. The summed E-state index contributed by atoms with van der Waals surface area (Å²) in [6, 6.07) is 18.3. The molecule has 9 nitrogen and oxygen atoms in total. The lowest BCUT2D eigenvalue weighted by atomic mass is 10.0. The van der Waals surface area contributed by atoms with Crippen LogP contribution in [0.2, 0.25) is 0 Å². The van der Waals surface area contributed by atoms with Crippen LogP contribution in [0.4, 0.5) is 17.3 Å². The van der Waals surface area contributed by atoms with Crippen LogP contribution in [-0.4, -0.2) is 33.7 Å². The summed E-state index contributed by atoms with van der Waals surface area (Å²) in [5, 5.41) is 10.8. The first-order valence-electron chi connectivity index (χ1n) is 11.1. The zero-order valence-corrected chi connectivity index (χ0v) is 19.3. The van der Waals surface area contributed by atoms with E-state index in [-0.39, 0.29) is 11.5 Å². The average molecular weight is 469 g/mol. The van der Waals surface area contributed by atoms with Gasteiger partial charge in [-0.3, -0.25) is 9.59 Å². The molecule has 0 bridgehead atoms. The Labute approximate surface area is 201 Å². The van der Waals surface area contributed by atoms with Gasteiger partial charge in [0, 0.05) is 29.1 Å². The molecule has 0 spiro atoms. The molecule has 0 aliphatic carbocycles. The molecular weight excluding hydrogens is 444 g/mol. The lowest BCUT2D eigenvalue weighted by Crippen LogP contribution is -2.15. The van der Waals surface area contributed by atoms with Crippen molar-refractivity contribution < 1.29 is 14.3 Å². The topological polar surface area (TPSA) is 124 Å². The molecule has 5 rings (SSSR count). The number of nitrogens with two attached hydrogens (primary N) is 1. The molecule has 0 unspecified atom stereocenters. The third-order valence-corrected chi connectivity index (χ3v) is 5.91. The van der Waals surface area contributed by atoms with Crippen LogP contribution in [0, 0.1) is 6.92 Å². The lowest BCUT2D eigenvalue weighted by molar-refractivity contribution is 0.0998. The molecule has 4 N–H and O–H groups in total. The van der Waals surface area contributed by atoms with Crippen molar-refractivity contribution in [2.45, 2.75) is 19.9 Å². The van der Waals surface area contributed by atoms with E-state index in [1.165, 1.54) is 7.11 Å². The fourth-order valence-corrected chi connectivity index (χ4v) is 4.22. The van der Waals surface area contributed by atoms with Gasteiger partial charge in [0.2, 0.25) is 0 Å². The van der Waals surface area contributed by atoms with Crippen LogP contribution in [0.15, 0.2) is 60.7 Å². The highest BCUT2D eigenvalue weighted by atomic mass is 16.5. The van der Waals surface area contributed by atoms with Crippen molar-refractivity contribution in [3.63, 3.8) is 0 Å². The zero-order chi connectivity index (χ0) is 24.5. The van der Waals surface area contributed by atoms with Crippen molar-refractivity contribution in [1.29, 1.82) is 0 Å². The molecule has 0 fully saturated rings. The summed E-state index contributed by atoms with van der Waals surface area (Å²) < 4.78 is 7.34. The number of nitrogens with one attached hydrogen (secondary N) is 2. The Morgan fingerprint density at radius 1 is 1.11 bits per heavy atom. The molecule has 1 aliphatic rings. The highest BCUT2D eigenvalue weighted by Crippen LogP contribution is 2.38. The third kappa shape index (κ3) is 4.19. The van der Waals surface area contributed by atoms with E-state index in [1.54, 1.807) is 28.9 Å². The van der Waals surface area contributed by atoms with E-state index in [1.807, 2.05) is 43.3 Å². The Bertz CT molecular complexity index is 1460. The Balaban J connectivity index is 1.53. The van der Waals surface area contributed by atoms with E-state index >= 15 is 0 Å². The van der Waals surface area contributed by atoms with Crippen LogP contribution in [0.25, 0.3) is 11.3 Å². The number of amides is 2. The largest absolute Gasteiger partial charge is 0.496 e. The standard InChI is InChI=1S/C26H24N6O3/c1-15-6-5-9-21(28-15)30-26(34)17-10-11-18(20(14-17)35-2)23-22(24(27)33)25-29-19-8-4-3-7-16(19)12-13-32(25)31-23/h3-11,14,29H,12-13H2,1-2H3,(H2,27,33)(H,28,30,34). The summed E-state index contributed by atoms with van der Waals surface area (Å²) in [5.41, 5.74) is 10.2. The van der Waals surface area contributed by atoms with E-state index in [9.17, 15) is 9.59 Å². The number of methoxy groups -OCH3 is 1. The maximum absolute atomic E-state index is 12.8. The van der Waals surface area contributed by atoms with Crippen molar-refractivity contribution in [3.8, 4) is 17.0 Å². The summed E-state index contributed by atoms with van der Waals surface area (Å²) >= 11 is 0. The van der Waals surface area contributed by atoms with Gasteiger partial charge < -0.3 is 21.1 Å². The average Bonchev–Trinajstić information content (AvgIpc) is 3.11. The van der Waals surface area contributed by atoms with Gasteiger partial charge in [0.1, 0.15) is 28.6 Å². The minimum atomic E-state index is -0.609. The predicted octanol–water partition coefficient (Wildman–Crippen LogP) is 3.91. The number of hydrogen-bond donors (Lipinski definition) is 3. The SMILES string of the molecule is COc1cc(C(=O)Nc2cccc(C)n2)ccc1-c1nn2c(c1C(N)=O)Nc1ccccc1CC2. The molecule has 3 heterocycles. The van der Waals surface area contributed by atoms with Crippen LogP contribution in [0.3, 0.4) is 0 Å². The van der Waals surface area contributed by atoms with Crippen molar-refractivity contribution in [2.24, 2.45) is 5.73 Å². The number of primary amides is 1. The maximum Gasteiger partial charge on any atom is 0.256 e. The number of aromatic nitrogens is 3. The predicted molar refractivity (Wildman–Crippen MR) is 133 cm³/mol. The van der Waals surface area contributed by atoms with Gasteiger partial charge in [0.05, 0.1) is 7.11 Å². The number of nitrogens with zero attached hydrogens (tertiary/aromatic N) is 3. The Morgan fingerprint density at radius 3 is 2.71 bits per heavy atom. The normalized spacial score (nSPS) is 12.1.